The number of aliphatic carboxylic acids is 1. The van der Waals surface area contributed by atoms with Crippen LogP contribution in [0.15, 0.2) is 12.1 Å². The molecular weight excluding hydrogens is 312 g/mol. The lowest BCUT2D eigenvalue weighted by Gasteiger charge is -2.09. The summed E-state index contributed by atoms with van der Waals surface area (Å²) in [6, 6.07) is 2.96. The van der Waals surface area contributed by atoms with Crippen LogP contribution in [0.25, 0.3) is 0 Å². The molecule has 0 unspecified atom stereocenters. The predicted molar refractivity (Wildman–Crippen MR) is 76.2 cm³/mol. The van der Waals surface area contributed by atoms with Crippen LogP contribution in [-0.4, -0.2) is 17.0 Å². The number of carboxylic acid groups (broad SMARTS) is 1. The highest BCUT2D eigenvalue weighted by atomic mass is 35.5. The molecule has 0 aliphatic rings. The van der Waals surface area contributed by atoms with E-state index in [1.807, 2.05) is 0 Å². The molecule has 19 heavy (non-hydrogen) atoms. The number of hydrogen-bond donors (Lipinski definition) is 2. The summed E-state index contributed by atoms with van der Waals surface area (Å²) >= 11 is 17.6. The number of carbonyl (C=O) groups excluding carboxylic acids is 1. The van der Waals surface area contributed by atoms with E-state index in [0.29, 0.717) is 23.6 Å². The predicted octanol–water partition coefficient (Wildman–Crippen LogP) is 4.23. The molecule has 1 rings (SSSR count). The minimum absolute atomic E-state index is 0.0513. The summed E-state index contributed by atoms with van der Waals surface area (Å²) in [5, 5.41) is 12.0. The van der Waals surface area contributed by atoms with Crippen molar-refractivity contribution in [1.29, 1.82) is 0 Å². The summed E-state index contributed by atoms with van der Waals surface area (Å²) < 4.78 is 0. The van der Waals surface area contributed by atoms with Crippen LogP contribution in [0.3, 0.4) is 0 Å². The molecule has 1 aromatic rings. The Morgan fingerprint density at radius 3 is 2.11 bits per heavy atom. The third kappa shape index (κ3) is 5.68. The number of carboxylic acids is 1. The second-order valence-corrected chi connectivity index (χ2v) is 5.14. The Balaban J connectivity index is 2.51. The number of anilines is 1. The van der Waals surface area contributed by atoms with E-state index in [9.17, 15) is 9.59 Å². The zero-order valence-corrected chi connectivity index (χ0v) is 12.1. The van der Waals surface area contributed by atoms with Gasteiger partial charge in [0.1, 0.15) is 0 Å². The fraction of sp³-hybridized carbons (Fsp3) is 0.333. The first-order valence-electron chi connectivity index (χ1n) is 5.56. The lowest BCUT2D eigenvalue weighted by Crippen LogP contribution is -2.12. The molecule has 7 heteroatoms. The van der Waals surface area contributed by atoms with Gasteiger partial charge in [-0.05, 0) is 25.0 Å². The Hall–Kier alpha value is -0.970. The first-order valence-corrected chi connectivity index (χ1v) is 6.69. The molecule has 0 spiro atoms. The molecule has 0 atom stereocenters. The van der Waals surface area contributed by atoms with E-state index < -0.39 is 5.97 Å². The van der Waals surface area contributed by atoms with Crippen LogP contribution in [0, 0.1) is 0 Å². The third-order valence-electron chi connectivity index (χ3n) is 2.32. The van der Waals surface area contributed by atoms with Gasteiger partial charge >= 0.3 is 5.97 Å². The van der Waals surface area contributed by atoms with Crippen molar-refractivity contribution in [1.82, 2.24) is 0 Å². The maximum atomic E-state index is 11.6. The third-order valence-corrected chi connectivity index (χ3v) is 3.13. The number of amides is 1. The summed E-state index contributed by atoms with van der Waals surface area (Å²) in [5.74, 6) is -1.14. The molecule has 0 saturated heterocycles. The van der Waals surface area contributed by atoms with Crippen LogP contribution in [0.4, 0.5) is 5.69 Å². The van der Waals surface area contributed by atoms with Gasteiger partial charge in [-0.25, -0.2) is 0 Å². The Labute approximate surface area is 125 Å². The first kappa shape index (κ1) is 16.1. The molecule has 1 aromatic carbocycles. The minimum atomic E-state index is -0.871. The average molecular weight is 325 g/mol. The SMILES string of the molecule is O=C(O)CCCCC(=O)Nc1c(Cl)cc(Cl)cc1Cl. The van der Waals surface area contributed by atoms with Gasteiger partial charge in [-0.2, -0.15) is 0 Å². The van der Waals surface area contributed by atoms with E-state index in [4.69, 9.17) is 39.9 Å². The lowest BCUT2D eigenvalue weighted by atomic mass is 10.2. The summed E-state index contributed by atoms with van der Waals surface area (Å²) in [7, 11) is 0. The number of hydrogen-bond acceptors (Lipinski definition) is 2. The minimum Gasteiger partial charge on any atom is -0.481 e. The van der Waals surface area contributed by atoms with Crippen molar-refractivity contribution in [2.75, 3.05) is 5.32 Å². The van der Waals surface area contributed by atoms with Crippen LogP contribution in [0.1, 0.15) is 25.7 Å². The van der Waals surface area contributed by atoms with Gasteiger partial charge in [0, 0.05) is 17.9 Å². The number of nitrogens with one attached hydrogen (secondary N) is 1. The Kier molecular flexibility index (Phi) is 6.42. The van der Waals surface area contributed by atoms with Crippen LogP contribution in [0.2, 0.25) is 15.1 Å². The van der Waals surface area contributed by atoms with Crippen molar-refractivity contribution in [2.45, 2.75) is 25.7 Å². The summed E-state index contributed by atoms with van der Waals surface area (Å²) in [6.07, 6.45) is 1.20. The van der Waals surface area contributed by atoms with Crippen molar-refractivity contribution in [2.24, 2.45) is 0 Å². The molecule has 104 valence electrons. The largest absolute Gasteiger partial charge is 0.481 e. The summed E-state index contributed by atoms with van der Waals surface area (Å²) in [5.41, 5.74) is 0.316. The highest BCUT2D eigenvalue weighted by Crippen LogP contribution is 2.33. The van der Waals surface area contributed by atoms with E-state index in [1.165, 1.54) is 12.1 Å². The fourth-order valence-corrected chi connectivity index (χ4v) is 2.34. The molecular formula is C12H12Cl3NO3. The standard InChI is InChI=1S/C12H12Cl3NO3/c13-7-5-8(14)12(9(15)6-7)16-10(17)3-1-2-4-11(18)19/h5-6H,1-4H2,(H,16,17)(H,18,19). The van der Waals surface area contributed by atoms with Crippen LogP contribution in [0.5, 0.6) is 0 Å². The van der Waals surface area contributed by atoms with Crippen molar-refractivity contribution >= 4 is 52.4 Å². The van der Waals surface area contributed by atoms with E-state index in [-0.39, 0.29) is 28.8 Å². The normalized spacial score (nSPS) is 10.3. The number of halogens is 3. The molecule has 0 aromatic heterocycles. The zero-order valence-electron chi connectivity index (χ0n) is 9.88. The van der Waals surface area contributed by atoms with Crippen molar-refractivity contribution in [3.63, 3.8) is 0 Å². The van der Waals surface area contributed by atoms with Crippen molar-refractivity contribution in [3.8, 4) is 0 Å². The lowest BCUT2D eigenvalue weighted by molar-refractivity contribution is -0.137. The number of unbranched alkanes of at least 4 members (excludes halogenated alkanes) is 1. The number of rotatable bonds is 6. The molecule has 4 nitrogen and oxygen atoms in total. The van der Waals surface area contributed by atoms with Crippen molar-refractivity contribution in [3.05, 3.63) is 27.2 Å². The van der Waals surface area contributed by atoms with Gasteiger partial charge in [-0.15, -0.1) is 0 Å². The molecule has 1 amide bonds. The molecule has 0 saturated carbocycles. The maximum Gasteiger partial charge on any atom is 0.303 e. The van der Waals surface area contributed by atoms with Gasteiger partial charge in [-0.3, -0.25) is 9.59 Å². The van der Waals surface area contributed by atoms with Gasteiger partial charge < -0.3 is 10.4 Å². The van der Waals surface area contributed by atoms with E-state index >= 15 is 0 Å². The maximum absolute atomic E-state index is 11.6. The van der Waals surface area contributed by atoms with Gasteiger partial charge in [0.25, 0.3) is 0 Å². The second kappa shape index (κ2) is 7.58. The molecule has 0 heterocycles. The summed E-state index contributed by atoms with van der Waals surface area (Å²) in [6.45, 7) is 0. The van der Waals surface area contributed by atoms with E-state index in [1.54, 1.807) is 0 Å². The molecule has 0 aliphatic heterocycles. The fourth-order valence-electron chi connectivity index (χ4n) is 1.43. The van der Waals surface area contributed by atoms with Gasteiger partial charge in [0.05, 0.1) is 15.7 Å². The smallest absolute Gasteiger partial charge is 0.303 e. The van der Waals surface area contributed by atoms with E-state index in [2.05, 4.69) is 5.32 Å². The zero-order chi connectivity index (χ0) is 14.4. The van der Waals surface area contributed by atoms with Crippen LogP contribution in [-0.2, 0) is 9.59 Å². The second-order valence-electron chi connectivity index (χ2n) is 3.89. The molecule has 0 aliphatic carbocycles. The van der Waals surface area contributed by atoms with Crippen LogP contribution >= 0.6 is 34.8 Å². The highest BCUT2D eigenvalue weighted by Gasteiger charge is 2.11. The Morgan fingerprint density at radius 2 is 1.58 bits per heavy atom. The Bertz CT molecular complexity index is 468. The van der Waals surface area contributed by atoms with Gasteiger partial charge in [0.2, 0.25) is 5.91 Å². The average Bonchev–Trinajstić information content (AvgIpc) is 2.29. The van der Waals surface area contributed by atoms with Gasteiger partial charge in [-0.1, -0.05) is 34.8 Å². The Morgan fingerprint density at radius 1 is 1.05 bits per heavy atom. The van der Waals surface area contributed by atoms with Gasteiger partial charge in [0.15, 0.2) is 0 Å². The quantitative estimate of drug-likeness (QED) is 0.769. The molecule has 0 bridgehead atoms. The number of benzene rings is 1. The highest BCUT2D eigenvalue weighted by molar-refractivity contribution is 6.42. The van der Waals surface area contributed by atoms with Crippen molar-refractivity contribution < 1.29 is 14.7 Å². The monoisotopic (exact) mass is 323 g/mol. The first-order chi connectivity index (χ1) is 8.90. The van der Waals surface area contributed by atoms with E-state index in [0.717, 1.165) is 0 Å². The molecule has 0 fully saturated rings. The summed E-state index contributed by atoms with van der Waals surface area (Å²) in [4.78, 5) is 21.9. The van der Waals surface area contributed by atoms with Crippen LogP contribution < -0.4 is 5.32 Å². The topological polar surface area (TPSA) is 66.4 Å². The molecule has 2 N–H and O–H groups in total. The molecule has 0 radical (unpaired) electrons. The number of carbonyl (C=O) groups is 2.